The normalized spacial score (nSPS) is 26.5. The van der Waals surface area contributed by atoms with Crippen molar-refractivity contribution in [3.05, 3.63) is 6.92 Å². The second kappa shape index (κ2) is 3.26. The molecule has 0 aromatic heterocycles. The Morgan fingerprint density at radius 1 is 1.38 bits per heavy atom. The van der Waals surface area contributed by atoms with Crippen LogP contribution in [0.3, 0.4) is 0 Å². The highest BCUT2D eigenvalue weighted by molar-refractivity contribution is 5.33. The molecule has 0 aromatic rings. The zero-order chi connectivity index (χ0) is 10.1. The van der Waals surface area contributed by atoms with Crippen LogP contribution in [0.5, 0.6) is 0 Å². The van der Waals surface area contributed by atoms with Gasteiger partial charge in [-0.2, -0.15) is 0 Å². The number of carbonyl (C=O) groups excluding carboxylic acids is 1. The van der Waals surface area contributed by atoms with E-state index in [0.29, 0.717) is 0 Å². The molecular formula is C11H18NO. The van der Waals surface area contributed by atoms with E-state index in [-0.39, 0.29) is 16.9 Å². The van der Waals surface area contributed by atoms with Crippen molar-refractivity contribution in [2.24, 2.45) is 15.8 Å². The molecule has 0 aliphatic heterocycles. The summed E-state index contributed by atoms with van der Waals surface area (Å²) < 4.78 is 0. The Kier molecular flexibility index (Phi) is 2.63. The maximum atomic E-state index is 10.2. The van der Waals surface area contributed by atoms with Crippen LogP contribution in [-0.2, 0) is 4.79 Å². The average molecular weight is 180 g/mol. The first kappa shape index (κ1) is 10.5. The third-order valence-electron chi connectivity index (χ3n) is 2.66. The van der Waals surface area contributed by atoms with E-state index in [0.717, 1.165) is 19.3 Å². The largest absolute Gasteiger partial charge is 0.235 e. The molecule has 1 radical (unpaired) electrons. The SMILES string of the molecule is [CH2]C1(C)CC(N=C=O)CC(C)(C)C1. The Hall–Kier alpha value is -0.620. The number of nitrogens with zero attached hydrogens (tertiary/aromatic N) is 1. The summed E-state index contributed by atoms with van der Waals surface area (Å²) in [6.45, 7) is 10.7. The molecule has 1 saturated carbocycles. The van der Waals surface area contributed by atoms with Crippen molar-refractivity contribution in [2.45, 2.75) is 46.1 Å². The fourth-order valence-corrected chi connectivity index (χ4v) is 2.74. The number of aliphatic imine (C=N–C) groups is 1. The van der Waals surface area contributed by atoms with E-state index >= 15 is 0 Å². The Labute approximate surface area is 80.4 Å². The van der Waals surface area contributed by atoms with Gasteiger partial charge in [-0.3, -0.25) is 0 Å². The third-order valence-corrected chi connectivity index (χ3v) is 2.66. The lowest BCUT2D eigenvalue weighted by Gasteiger charge is -2.43. The Morgan fingerprint density at radius 3 is 2.46 bits per heavy atom. The Balaban J connectivity index is 2.77. The molecule has 73 valence electrons. The highest BCUT2D eigenvalue weighted by atomic mass is 16.1. The van der Waals surface area contributed by atoms with Gasteiger partial charge >= 0.3 is 0 Å². The maximum absolute atomic E-state index is 10.2. The van der Waals surface area contributed by atoms with Gasteiger partial charge in [-0.15, -0.1) is 0 Å². The summed E-state index contributed by atoms with van der Waals surface area (Å²) in [6.07, 6.45) is 4.65. The average Bonchev–Trinajstić information content (AvgIpc) is 1.78. The van der Waals surface area contributed by atoms with Crippen LogP contribution >= 0.6 is 0 Å². The first-order valence-electron chi connectivity index (χ1n) is 4.77. The van der Waals surface area contributed by atoms with Gasteiger partial charge in [-0.05, 0) is 37.0 Å². The van der Waals surface area contributed by atoms with Crippen molar-refractivity contribution in [3.8, 4) is 0 Å². The van der Waals surface area contributed by atoms with Crippen molar-refractivity contribution < 1.29 is 4.79 Å². The lowest BCUT2D eigenvalue weighted by Crippen LogP contribution is -2.35. The van der Waals surface area contributed by atoms with Gasteiger partial charge in [0.05, 0.1) is 6.04 Å². The monoisotopic (exact) mass is 180 g/mol. The summed E-state index contributed by atoms with van der Waals surface area (Å²) in [4.78, 5) is 14.0. The summed E-state index contributed by atoms with van der Waals surface area (Å²) in [7, 11) is 0. The molecule has 0 N–H and O–H groups in total. The predicted molar refractivity (Wildman–Crippen MR) is 53.0 cm³/mol. The number of isocyanates is 1. The number of hydrogen-bond donors (Lipinski definition) is 0. The van der Waals surface area contributed by atoms with E-state index in [2.05, 4.69) is 32.7 Å². The minimum Gasteiger partial charge on any atom is -0.211 e. The molecule has 2 unspecified atom stereocenters. The summed E-state index contributed by atoms with van der Waals surface area (Å²) in [5, 5.41) is 0. The van der Waals surface area contributed by atoms with E-state index in [1.54, 1.807) is 6.08 Å². The van der Waals surface area contributed by atoms with Gasteiger partial charge in [-0.25, -0.2) is 9.79 Å². The minimum atomic E-state index is 0.0623. The minimum absolute atomic E-state index is 0.0623. The zero-order valence-electron chi connectivity index (χ0n) is 8.76. The van der Waals surface area contributed by atoms with Gasteiger partial charge in [0.2, 0.25) is 6.08 Å². The van der Waals surface area contributed by atoms with Crippen LogP contribution in [0.15, 0.2) is 4.99 Å². The molecule has 2 atom stereocenters. The van der Waals surface area contributed by atoms with Crippen LogP contribution in [0.1, 0.15) is 40.0 Å². The van der Waals surface area contributed by atoms with Crippen LogP contribution in [-0.4, -0.2) is 12.1 Å². The molecule has 1 fully saturated rings. The zero-order valence-corrected chi connectivity index (χ0v) is 8.76. The predicted octanol–water partition coefficient (Wildman–Crippen LogP) is 2.74. The van der Waals surface area contributed by atoms with Gasteiger partial charge in [0.15, 0.2) is 0 Å². The Morgan fingerprint density at radius 2 is 2.00 bits per heavy atom. The van der Waals surface area contributed by atoms with Crippen molar-refractivity contribution in [1.29, 1.82) is 0 Å². The molecule has 0 spiro atoms. The van der Waals surface area contributed by atoms with E-state index < -0.39 is 0 Å². The van der Waals surface area contributed by atoms with Crippen LogP contribution in [0, 0.1) is 17.8 Å². The van der Waals surface area contributed by atoms with E-state index in [1.807, 2.05) is 0 Å². The summed E-state index contributed by atoms with van der Waals surface area (Å²) >= 11 is 0. The van der Waals surface area contributed by atoms with Crippen LogP contribution in [0.4, 0.5) is 0 Å². The quantitative estimate of drug-likeness (QED) is 0.450. The molecule has 13 heavy (non-hydrogen) atoms. The highest BCUT2D eigenvalue weighted by Gasteiger charge is 2.38. The second-order valence-corrected chi connectivity index (χ2v) is 5.43. The summed E-state index contributed by atoms with van der Waals surface area (Å²) in [6, 6.07) is 0.128. The molecule has 0 aromatic carbocycles. The molecule has 0 saturated heterocycles. The molecule has 1 aliphatic carbocycles. The first-order chi connectivity index (χ1) is 5.85. The molecule has 0 heterocycles. The smallest absolute Gasteiger partial charge is 0.211 e. The van der Waals surface area contributed by atoms with Gasteiger partial charge in [0.25, 0.3) is 0 Å². The molecule has 0 bridgehead atoms. The standard InChI is InChI=1S/C11H18NO/c1-10(2)5-9(12-8-13)6-11(3,4)7-10/h9H,1,5-7H2,2-4H3. The maximum Gasteiger partial charge on any atom is 0.235 e. The van der Waals surface area contributed by atoms with Gasteiger partial charge < -0.3 is 0 Å². The molecule has 1 rings (SSSR count). The molecule has 0 amide bonds. The molecule has 2 nitrogen and oxygen atoms in total. The van der Waals surface area contributed by atoms with E-state index in [4.69, 9.17) is 0 Å². The lowest BCUT2D eigenvalue weighted by atomic mass is 9.64. The van der Waals surface area contributed by atoms with Gasteiger partial charge in [0.1, 0.15) is 0 Å². The van der Waals surface area contributed by atoms with Crippen molar-refractivity contribution in [3.63, 3.8) is 0 Å². The van der Waals surface area contributed by atoms with Crippen LogP contribution in [0.25, 0.3) is 0 Å². The third kappa shape index (κ3) is 2.96. The topological polar surface area (TPSA) is 29.4 Å². The highest BCUT2D eigenvalue weighted by Crippen LogP contribution is 2.46. The number of rotatable bonds is 1. The lowest BCUT2D eigenvalue weighted by molar-refractivity contribution is 0.119. The van der Waals surface area contributed by atoms with Crippen molar-refractivity contribution in [2.75, 3.05) is 0 Å². The summed E-state index contributed by atoms with van der Waals surface area (Å²) in [5.74, 6) is 0. The van der Waals surface area contributed by atoms with E-state index in [9.17, 15) is 4.79 Å². The molecular weight excluding hydrogens is 162 g/mol. The van der Waals surface area contributed by atoms with Gasteiger partial charge in [0, 0.05) is 0 Å². The Bertz CT molecular complexity index is 220. The van der Waals surface area contributed by atoms with Crippen LogP contribution < -0.4 is 0 Å². The molecule has 1 aliphatic rings. The van der Waals surface area contributed by atoms with Crippen molar-refractivity contribution >= 4 is 6.08 Å². The summed E-state index contributed by atoms with van der Waals surface area (Å²) in [5.41, 5.74) is 0.312. The fraction of sp³-hybridized carbons (Fsp3) is 0.818. The number of hydrogen-bond acceptors (Lipinski definition) is 2. The first-order valence-corrected chi connectivity index (χ1v) is 4.77. The van der Waals surface area contributed by atoms with Crippen molar-refractivity contribution in [1.82, 2.24) is 0 Å². The van der Waals surface area contributed by atoms with E-state index in [1.165, 1.54) is 0 Å². The van der Waals surface area contributed by atoms with Crippen LogP contribution in [0.2, 0.25) is 0 Å². The second-order valence-electron chi connectivity index (χ2n) is 5.43. The molecule has 2 heteroatoms. The van der Waals surface area contributed by atoms with Gasteiger partial charge in [-0.1, -0.05) is 20.8 Å². The fourth-order valence-electron chi connectivity index (χ4n) is 2.74.